The molecule has 2 unspecified atom stereocenters. The molecule has 2 saturated heterocycles. The van der Waals surface area contributed by atoms with Gasteiger partial charge in [0.15, 0.2) is 0 Å². The first kappa shape index (κ1) is 16.8. The molecule has 3 rings (SSSR count). The molecule has 128 valence electrons. The average Bonchev–Trinajstić information content (AvgIpc) is 3.02. The molecule has 2 atom stereocenters. The van der Waals surface area contributed by atoms with E-state index in [0.717, 1.165) is 12.0 Å². The summed E-state index contributed by atoms with van der Waals surface area (Å²) in [6, 6.07) is 6.74. The summed E-state index contributed by atoms with van der Waals surface area (Å²) in [4.78, 5) is 36.8. The van der Waals surface area contributed by atoms with Crippen LogP contribution in [0.5, 0.6) is 0 Å². The monoisotopic (exact) mass is 348 g/mol. The summed E-state index contributed by atoms with van der Waals surface area (Å²) in [5.41, 5.74) is 1.49. The fraction of sp³-hybridized carbons (Fsp3) is 0.471. The molecule has 2 aliphatic rings. The number of aryl methyl sites for hydroxylation is 1. The first-order valence-electron chi connectivity index (χ1n) is 7.97. The van der Waals surface area contributed by atoms with Crippen LogP contribution in [0.1, 0.15) is 31.7 Å². The Morgan fingerprint density at radius 1 is 1.46 bits per heavy atom. The fourth-order valence-corrected chi connectivity index (χ4v) is 4.73. The molecule has 0 bridgehead atoms. The number of hydrogen-bond acceptors (Lipinski definition) is 4. The third-order valence-corrected chi connectivity index (χ3v) is 6.07. The Labute approximate surface area is 144 Å². The lowest BCUT2D eigenvalue weighted by Crippen LogP contribution is -2.48. The molecular weight excluding hydrogens is 328 g/mol. The molecule has 0 aromatic heterocycles. The third-order valence-electron chi connectivity index (χ3n) is 4.57. The molecule has 2 fully saturated rings. The van der Waals surface area contributed by atoms with Gasteiger partial charge in [-0.15, -0.1) is 11.8 Å². The number of thioether (sulfide) groups is 1. The summed E-state index contributed by atoms with van der Waals surface area (Å²) in [6.45, 7) is 2.02. The van der Waals surface area contributed by atoms with Gasteiger partial charge < -0.3 is 15.3 Å². The lowest BCUT2D eigenvalue weighted by Gasteiger charge is -2.29. The van der Waals surface area contributed by atoms with Gasteiger partial charge in [-0.1, -0.05) is 12.1 Å². The molecule has 1 aromatic carbocycles. The maximum atomic E-state index is 12.6. The normalized spacial score (nSPS) is 25.6. The quantitative estimate of drug-likeness (QED) is 0.851. The molecule has 2 heterocycles. The van der Waals surface area contributed by atoms with E-state index in [1.807, 2.05) is 13.0 Å². The van der Waals surface area contributed by atoms with Crippen LogP contribution in [-0.2, 0) is 20.8 Å². The van der Waals surface area contributed by atoms with Crippen LogP contribution in [0.25, 0.3) is 0 Å². The summed E-state index contributed by atoms with van der Waals surface area (Å²) >= 11 is 1.66. The van der Waals surface area contributed by atoms with Crippen LogP contribution in [0.15, 0.2) is 24.3 Å². The van der Waals surface area contributed by atoms with Crippen LogP contribution in [-0.4, -0.2) is 44.5 Å². The molecule has 0 saturated carbocycles. The van der Waals surface area contributed by atoms with Crippen molar-refractivity contribution < 1.29 is 19.5 Å². The summed E-state index contributed by atoms with van der Waals surface area (Å²) in [7, 11) is 0. The number of rotatable bonds is 5. The Balaban J connectivity index is 1.68. The van der Waals surface area contributed by atoms with E-state index in [4.69, 9.17) is 5.11 Å². The summed E-state index contributed by atoms with van der Waals surface area (Å²) in [5.74, 6) is -0.388. The Hall–Kier alpha value is -2.02. The maximum absolute atomic E-state index is 12.6. The van der Waals surface area contributed by atoms with Gasteiger partial charge in [-0.3, -0.25) is 14.4 Å². The number of carboxylic acids is 1. The zero-order valence-corrected chi connectivity index (χ0v) is 14.3. The van der Waals surface area contributed by atoms with Gasteiger partial charge in [0.25, 0.3) is 0 Å². The standard InChI is InChI=1S/C17H20N2O4S/c1-17-8-7-14(20)19(17)13(10-24-17)16(23)18-12-4-2-3-11(9-12)5-6-15(21)22/h2-4,9,13H,5-8,10H2,1H3,(H,18,23)(H,21,22). The van der Waals surface area contributed by atoms with E-state index < -0.39 is 12.0 Å². The van der Waals surface area contributed by atoms with Crippen LogP contribution in [0.3, 0.4) is 0 Å². The topological polar surface area (TPSA) is 86.7 Å². The highest BCUT2D eigenvalue weighted by molar-refractivity contribution is 8.01. The minimum absolute atomic E-state index is 0.0397. The van der Waals surface area contributed by atoms with Crippen LogP contribution < -0.4 is 5.32 Å². The zero-order chi connectivity index (χ0) is 17.3. The number of amides is 2. The number of carboxylic acid groups (broad SMARTS) is 1. The third kappa shape index (κ3) is 3.26. The van der Waals surface area contributed by atoms with Crippen LogP contribution in [0, 0.1) is 0 Å². The van der Waals surface area contributed by atoms with E-state index in [-0.39, 0.29) is 23.1 Å². The van der Waals surface area contributed by atoms with Gasteiger partial charge in [0.1, 0.15) is 6.04 Å². The van der Waals surface area contributed by atoms with E-state index in [2.05, 4.69) is 5.32 Å². The van der Waals surface area contributed by atoms with Gasteiger partial charge in [-0.2, -0.15) is 0 Å². The van der Waals surface area contributed by atoms with E-state index in [1.165, 1.54) is 0 Å². The summed E-state index contributed by atoms with van der Waals surface area (Å²) in [6.07, 6.45) is 1.75. The van der Waals surface area contributed by atoms with Crippen molar-refractivity contribution in [2.45, 2.75) is 43.5 Å². The number of carbonyl (C=O) groups is 3. The highest BCUT2D eigenvalue weighted by atomic mass is 32.2. The van der Waals surface area contributed by atoms with Gasteiger partial charge in [0, 0.05) is 24.3 Å². The van der Waals surface area contributed by atoms with Crippen molar-refractivity contribution in [1.29, 1.82) is 0 Å². The number of hydrogen-bond donors (Lipinski definition) is 2. The minimum atomic E-state index is -0.848. The molecule has 7 heteroatoms. The number of fused-ring (bicyclic) bond motifs is 1. The van der Waals surface area contributed by atoms with Crippen molar-refractivity contribution in [1.82, 2.24) is 4.90 Å². The second kappa shape index (κ2) is 6.47. The largest absolute Gasteiger partial charge is 0.481 e. The number of anilines is 1. The molecule has 24 heavy (non-hydrogen) atoms. The number of aliphatic carboxylic acids is 1. The Bertz CT molecular complexity index is 693. The lowest BCUT2D eigenvalue weighted by atomic mass is 10.1. The van der Waals surface area contributed by atoms with Gasteiger partial charge in [0.2, 0.25) is 11.8 Å². The molecule has 6 nitrogen and oxygen atoms in total. The Morgan fingerprint density at radius 3 is 3.00 bits per heavy atom. The van der Waals surface area contributed by atoms with E-state index in [9.17, 15) is 14.4 Å². The van der Waals surface area contributed by atoms with Crippen LogP contribution in [0.2, 0.25) is 0 Å². The molecule has 0 radical (unpaired) electrons. The van der Waals surface area contributed by atoms with Crippen molar-refractivity contribution in [2.75, 3.05) is 11.1 Å². The maximum Gasteiger partial charge on any atom is 0.303 e. The molecule has 0 spiro atoms. The molecular formula is C17H20N2O4S. The Kier molecular flexibility index (Phi) is 4.54. The van der Waals surface area contributed by atoms with Crippen LogP contribution >= 0.6 is 11.8 Å². The van der Waals surface area contributed by atoms with Crippen molar-refractivity contribution in [3.8, 4) is 0 Å². The van der Waals surface area contributed by atoms with Crippen molar-refractivity contribution in [2.24, 2.45) is 0 Å². The second-order valence-electron chi connectivity index (χ2n) is 6.35. The van der Waals surface area contributed by atoms with Crippen molar-refractivity contribution in [3.05, 3.63) is 29.8 Å². The second-order valence-corrected chi connectivity index (χ2v) is 7.85. The smallest absolute Gasteiger partial charge is 0.303 e. The molecule has 2 aliphatic heterocycles. The van der Waals surface area contributed by atoms with E-state index in [0.29, 0.717) is 24.3 Å². The highest BCUT2D eigenvalue weighted by Crippen LogP contribution is 2.47. The fourth-order valence-electron chi connectivity index (χ4n) is 3.30. The SMILES string of the molecule is CC12CCC(=O)N1C(C(=O)Nc1cccc(CCC(=O)O)c1)CS2. The summed E-state index contributed by atoms with van der Waals surface area (Å²) < 4.78 is 0. The lowest BCUT2D eigenvalue weighted by molar-refractivity contribution is -0.137. The van der Waals surface area contributed by atoms with E-state index >= 15 is 0 Å². The minimum Gasteiger partial charge on any atom is -0.481 e. The van der Waals surface area contributed by atoms with E-state index in [1.54, 1.807) is 34.9 Å². The predicted octanol–water partition coefficient (Wildman–Crippen LogP) is 2.10. The van der Waals surface area contributed by atoms with Crippen molar-refractivity contribution in [3.63, 3.8) is 0 Å². The van der Waals surface area contributed by atoms with Gasteiger partial charge in [-0.25, -0.2) is 0 Å². The van der Waals surface area contributed by atoms with Gasteiger partial charge >= 0.3 is 5.97 Å². The van der Waals surface area contributed by atoms with Gasteiger partial charge in [0.05, 0.1) is 4.87 Å². The first-order valence-corrected chi connectivity index (χ1v) is 8.95. The number of carbonyl (C=O) groups excluding carboxylic acids is 2. The number of nitrogens with one attached hydrogen (secondary N) is 1. The number of benzene rings is 1. The molecule has 0 aliphatic carbocycles. The first-order chi connectivity index (χ1) is 11.4. The van der Waals surface area contributed by atoms with Crippen molar-refractivity contribution >= 4 is 35.2 Å². The highest BCUT2D eigenvalue weighted by Gasteiger charge is 2.52. The Morgan fingerprint density at radius 2 is 2.25 bits per heavy atom. The average molecular weight is 348 g/mol. The predicted molar refractivity (Wildman–Crippen MR) is 91.8 cm³/mol. The van der Waals surface area contributed by atoms with Crippen LogP contribution in [0.4, 0.5) is 5.69 Å². The summed E-state index contributed by atoms with van der Waals surface area (Å²) in [5, 5.41) is 11.6. The molecule has 2 amide bonds. The van der Waals surface area contributed by atoms with Gasteiger partial charge in [-0.05, 0) is 37.5 Å². The molecule has 1 aromatic rings. The number of nitrogens with zero attached hydrogens (tertiary/aromatic N) is 1. The zero-order valence-electron chi connectivity index (χ0n) is 13.4. The molecule has 2 N–H and O–H groups in total.